The summed E-state index contributed by atoms with van der Waals surface area (Å²) in [4.78, 5) is 0. The van der Waals surface area contributed by atoms with Gasteiger partial charge in [0.2, 0.25) is 0 Å². The number of ether oxygens (including phenoxy) is 4. The SMILES string of the molecule is CCOCCOCC1CCC2C3=CC=C4CC5(CC[C@@]4(C)C3CCC[C@]12C)OCCO5. The third-order valence-electron chi connectivity index (χ3n) is 9.72. The Labute approximate surface area is 188 Å². The van der Waals surface area contributed by atoms with Gasteiger partial charge in [-0.3, -0.25) is 0 Å². The molecule has 4 heteroatoms. The fourth-order valence-electron chi connectivity index (χ4n) is 7.79. The summed E-state index contributed by atoms with van der Waals surface area (Å²) in [7, 11) is 0. The molecule has 5 atom stereocenters. The smallest absolute Gasteiger partial charge is 0.172 e. The van der Waals surface area contributed by atoms with E-state index in [0.29, 0.717) is 23.2 Å². The Morgan fingerprint density at radius 1 is 0.935 bits per heavy atom. The second kappa shape index (κ2) is 8.59. The molecule has 5 rings (SSSR count). The zero-order valence-corrected chi connectivity index (χ0v) is 19.9. The first-order valence-corrected chi connectivity index (χ1v) is 12.9. The molecule has 4 nitrogen and oxygen atoms in total. The maximum Gasteiger partial charge on any atom is 0.172 e. The highest BCUT2D eigenvalue weighted by molar-refractivity contribution is 5.38. The van der Waals surface area contributed by atoms with Gasteiger partial charge in [0.25, 0.3) is 0 Å². The minimum absolute atomic E-state index is 0.280. The van der Waals surface area contributed by atoms with Crippen molar-refractivity contribution in [3.05, 3.63) is 23.3 Å². The van der Waals surface area contributed by atoms with Crippen LogP contribution in [0.15, 0.2) is 23.3 Å². The molecule has 4 aliphatic carbocycles. The van der Waals surface area contributed by atoms with E-state index < -0.39 is 0 Å². The van der Waals surface area contributed by atoms with Crippen molar-refractivity contribution < 1.29 is 18.9 Å². The first-order chi connectivity index (χ1) is 15.0. The van der Waals surface area contributed by atoms with Gasteiger partial charge in [-0.15, -0.1) is 0 Å². The Morgan fingerprint density at radius 3 is 2.55 bits per heavy atom. The molecule has 3 unspecified atom stereocenters. The average molecular weight is 431 g/mol. The normalized spacial score (nSPS) is 41.2. The Hall–Kier alpha value is -0.680. The summed E-state index contributed by atoms with van der Waals surface area (Å²) in [6.45, 7) is 11.8. The molecule has 0 aromatic heterocycles. The molecule has 0 amide bonds. The lowest BCUT2D eigenvalue weighted by molar-refractivity contribution is -0.179. The minimum atomic E-state index is -0.326. The number of hydrogen-bond acceptors (Lipinski definition) is 4. The second-order valence-corrected chi connectivity index (χ2v) is 11.1. The van der Waals surface area contributed by atoms with Crippen LogP contribution in [0.2, 0.25) is 0 Å². The number of rotatable bonds is 6. The molecular formula is C27H42O4. The van der Waals surface area contributed by atoms with Crippen LogP contribution in [0.5, 0.6) is 0 Å². The van der Waals surface area contributed by atoms with Gasteiger partial charge < -0.3 is 18.9 Å². The highest BCUT2D eigenvalue weighted by Crippen LogP contribution is 2.64. The summed E-state index contributed by atoms with van der Waals surface area (Å²) in [5.41, 5.74) is 3.99. The van der Waals surface area contributed by atoms with Crippen LogP contribution in [0.3, 0.4) is 0 Å². The first kappa shape index (κ1) is 22.1. The fourth-order valence-corrected chi connectivity index (χ4v) is 7.79. The van der Waals surface area contributed by atoms with Gasteiger partial charge in [-0.25, -0.2) is 0 Å². The molecular weight excluding hydrogens is 388 g/mol. The maximum atomic E-state index is 6.09. The van der Waals surface area contributed by atoms with Crippen LogP contribution in [0.4, 0.5) is 0 Å². The highest BCUT2D eigenvalue weighted by atomic mass is 16.7. The van der Waals surface area contributed by atoms with Crippen molar-refractivity contribution in [3.63, 3.8) is 0 Å². The van der Waals surface area contributed by atoms with Crippen LogP contribution >= 0.6 is 0 Å². The highest BCUT2D eigenvalue weighted by Gasteiger charge is 2.56. The van der Waals surface area contributed by atoms with Crippen LogP contribution in [0, 0.1) is 28.6 Å². The quantitative estimate of drug-likeness (QED) is 0.509. The summed E-state index contributed by atoms with van der Waals surface area (Å²) >= 11 is 0. The van der Waals surface area contributed by atoms with Gasteiger partial charge in [0.1, 0.15) is 0 Å². The average Bonchev–Trinajstić information content (AvgIpc) is 3.30. The zero-order chi connectivity index (χ0) is 21.5. The molecule has 0 radical (unpaired) electrons. The Kier molecular flexibility index (Phi) is 6.13. The van der Waals surface area contributed by atoms with Crippen LogP contribution in [-0.4, -0.2) is 45.4 Å². The molecule has 1 aliphatic heterocycles. The van der Waals surface area contributed by atoms with E-state index in [-0.39, 0.29) is 11.2 Å². The van der Waals surface area contributed by atoms with Gasteiger partial charge in [0.05, 0.1) is 33.0 Å². The van der Waals surface area contributed by atoms with E-state index in [9.17, 15) is 0 Å². The third kappa shape index (κ3) is 3.76. The second-order valence-electron chi connectivity index (χ2n) is 11.1. The van der Waals surface area contributed by atoms with E-state index in [1.807, 2.05) is 6.92 Å². The van der Waals surface area contributed by atoms with Crippen LogP contribution in [0.25, 0.3) is 0 Å². The molecule has 0 aromatic rings. The van der Waals surface area contributed by atoms with Crippen LogP contribution in [0.1, 0.15) is 72.1 Å². The van der Waals surface area contributed by atoms with Crippen molar-refractivity contribution in [2.24, 2.45) is 28.6 Å². The van der Waals surface area contributed by atoms with E-state index >= 15 is 0 Å². The van der Waals surface area contributed by atoms with Gasteiger partial charge >= 0.3 is 0 Å². The van der Waals surface area contributed by atoms with Gasteiger partial charge in [0, 0.05) is 19.4 Å². The Balaban J connectivity index is 1.34. The largest absolute Gasteiger partial charge is 0.379 e. The van der Waals surface area contributed by atoms with Crippen molar-refractivity contribution in [3.8, 4) is 0 Å². The molecule has 0 N–H and O–H groups in total. The molecule has 1 spiro atoms. The molecule has 3 saturated carbocycles. The van der Waals surface area contributed by atoms with Crippen molar-refractivity contribution in [1.29, 1.82) is 0 Å². The monoisotopic (exact) mass is 430 g/mol. The van der Waals surface area contributed by atoms with Gasteiger partial charge in [0.15, 0.2) is 5.79 Å². The summed E-state index contributed by atoms with van der Waals surface area (Å²) < 4.78 is 23.7. The molecule has 1 saturated heterocycles. The van der Waals surface area contributed by atoms with E-state index in [4.69, 9.17) is 18.9 Å². The maximum absolute atomic E-state index is 6.09. The molecule has 174 valence electrons. The molecule has 1 heterocycles. The molecule has 0 aromatic carbocycles. The summed E-state index contributed by atoms with van der Waals surface area (Å²) in [5, 5.41) is 0. The van der Waals surface area contributed by atoms with E-state index in [1.165, 1.54) is 38.5 Å². The summed E-state index contributed by atoms with van der Waals surface area (Å²) in [6, 6.07) is 0. The van der Waals surface area contributed by atoms with Crippen molar-refractivity contribution in [2.75, 3.05) is 39.6 Å². The molecule has 5 aliphatic rings. The lowest BCUT2D eigenvalue weighted by Gasteiger charge is -2.51. The lowest BCUT2D eigenvalue weighted by atomic mass is 9.56. The van der Waals surface area contributed by atoms with E-state index in [1.54, 1.807) is 11.1 Å². The van der Waals surface area contributed by atoms with Gasteiger partial charge in [-0.1, -0.05) is 43.6 Å². The number of hydrogen-bond donors (Lipinski definition) is 0. The Bertz CT molecular complexity index is 721. The summed E-state index contributed by atoms with van der Waals surface area (Å²) in [6.07, 6.45) is 14.8. The van der Waals surface area contributed by atoms with Crippen molar-refractivity contribution in [1.82, 2.24) is 0 Å². The lowest BCUT2D eigenvalue weighted by Crippen LogP contribution is -2.45. The Morgan fingerprint density at radius 2 is 1.74 bits per heavy atom. The topological polar surface area (TPSA) is 36.9 Å². The van der Waals surface area contributed by atoms with Gasteiger partial charge in [-0.2, -0.15) is 0 Å². The van der Waals surface area contributed by atoms with Gasteiger partial charge in [-0.05, 0) is 67.6 Å². The fraction of sp³-hybridized carbons (Fsp3) is 0.852. The molecule has 0 bridgehead atoms. The van der Waals surface area contributed by atoms with Crippen molar-refractivity contribution in [2.45, 2.75) is 77.9 Å². The predicted molar refractivity (Wildman–Crippen MR) is 122 cm³/mol. The van der Waals surface area contributed by atoms with E-state index in [2.05, 4.69) is 26.0 Å². The minimum Gasteiger partial charge on any atom is -0.379 e. The van der Waals surface area contributed by atoms with Crippen LogP contribution < -0.4 is 0 Å². The molecule has 31 heavy (non-hydrogen) atoms. The predicted octanol–water partition coefficient (Wildman–Crippen LogP) is 5.67. The van der Waals surface area contributed by atoms with Crippen molar-refractivity contribution >= 4 is 0 Å². The van der Waals surface area contributed by atoms with E-state index in [0.717, 1.165) is 52.5 Å². The molecule has 4 fully saturated rings. The zero-order valence-electron chi connectivity index (χ0n) is 19.9. The number of fused-ring (bicyclic) bond motifs is 5. The standard InChI is InChI=1S/C27H42O4/c1-4-28-14-15-29-19-21-8-10-24-22-9-7-20-18-27(30-16-17-31-27)13-12-26(20,3)23(22)6-5-11-25(21,24)2/h7,9,21,23-24H,4-6,8,10-19H2,1-3H3/t21?,23?,24?,25-,26-/m1/s1. The third-order valence-corrected chi connectivity index (χ3v) is 9.72. The van der Waals surface area contributed by atoms with Crippen LogP contribution in [-0.2, 0) is 18.9 Å². The first-order valence-electron chi connectivity index (χ1n) is 12.9. The number of allylic oxidation sites excluding steroid dienone is 3. The summed E-state index contributed by atoms with van der Waals surface area (Å²) in [5.74, 6) is 1.75.